The van der Waals surface area contributed by atoms with Gasteiger partial charge in [-0.3, -0.25) is 14.9 Å². The number of hydrogen-bond donors (Lipinski definition) is 0. The summed E-state index contributed by atoms with van der Waals surface area (Å²) in [7, 11) is 0. The highest BCUT2D eigenvalue weighted by atomic mass is 32.2. The molecule has 2 rings (SSSR count). The fraction of sp³-hybridized carbons (Fsp3) is 0.500. The largest absolute Gasteiger partial charge is 0.433 e. The number of thioether (sulfide) groups is 1. The summed E-state index contributed by atoms with van der Waals surface area (Å²) in [5.41, 5.74) is 0. The van der Waals surface area contributed by atoms with E-state index >= 15 is 0 Å². The Morgan fingerprint density at radius 2 is 2.20 bits per heavy atom. The number of rotatable bonds is 3. The van der Waals surface area contributed by atoms with Crippen LogP contribution in [-0.4, -0.2) is 39.8 Å². The third-order valence-electron chi connectivity index (χ3n) is 3.44. The molecule has 1 amide bonds. The van der Waals surface area contributed by atoms with Crippen LogP contribution in [0.2, 0.25) is 0 Å². The molecule has 0 aliphatic carbocycles. The summed E-state index contributed by atoms with van der Waals surface area (Å²) in [6, 6.07) is 4.77. The van der Waals surface area contributed by atoms with Gasteiger partial charge in [-0.05, 0) is 25.2 Å². The Morgan fingerprint density at radius 1 is 1.55 bits per heavy atom. The zero-order chi connectivity index (χ0) is 14.8. The van der Waals surface area contributed by atoms with Crippen molar-refractivity contribution >= 4 is 23.6 Å². The third kappa shape index (κ3) is 2.63. The van der Waals surface area contributed by atoms with E-state index in [1.165, 1.54) is 23.9 Å². The van der Waals surface area contributed by atoms with Crippen molar-refractivity contribution in [3.05, 3.63) is 28.0 Å². The minimum atomic E-state index is -0.679. The first-order valence-corrected chi connectivity index (χ1v) is 7.24. The molecule has 0 unspecified atom stereocenters. The number of piperidine rings is 1. The monoisotopic (exact) mass is 295 g/mol. The van der Waals surface area contributed by atoms with Gasteiger partial charge in [0.2, 0.25) is 0 Å². The quantitative estimate of drug-likeness (QED) is 0.625. The standard InChI is InChI=1S/C12H13N3O4S/c1-20-12(8-13)4-6-14(7-5-12)11(16)9-2-3-10(19-9)15(17)18/h2-3H,4-7H2,1H3. The number of carbonyl (C=O) groups is 1. The summed E-state index contributed by atoms with van der Waals surface area (Å²) in [6.07, 6.45) is 3.05. The van der Waals surface area contributed by atoms with Crippen molar-refractivity contribution < 1.29 is 14.1 Å². The van der Waals surface area contributed by atoms with Crippen molar-refractivity contribution in [1.29, 1.82) is 5.26 Å². The first-order chi connectivity index (χ1) is 9.51. The van der Waals surface area contributed by atoms with Gasteiger partial charge in [0.05, 0.1) is 12.1 Å². The van der Waals surface area contributed by atoms with E-state index in [1.54, 1.807) is 4.90 Å². The van der Waals surface area contributed by atoms with Crippen LogP contribution in [-0.2, 0) is 0 Å². The Hall–Kier alpha value is -2.01. The molecular formula is C12H13N3O4S. The molecule has 7 nitrogen and oxygen atoms in total. The number of likely N-dealkylation sites (tertiary alicyclic amines) is 1. The number of nitriles is 1. The number of amides is 1. The van der Waals surface area contributed by atoms with Gasteiger partial charge in [0.25, 0.3) is 5.91 Å². The highest BCUT2D eigenvalue weighted by molar-refractivity contribution is 8.00. The maximum Gasteiger partial charge on any atom is 0.433 e. The zero-order valence-electron chi connectivity index (χ0n) is 10.9. The smallest absolute Gasteiger partial charge is 0.395 e. The molecule has 0 saturated carbocycles. The van der Waals surface area contributed by atoms with E-state index in [4.69, 9.17) is 4.42 Å². The number of nitro groups is 1. The Balaban J connectivity index is 2.05. The molecule has 1 saturated heterocycles. The van der Waals surface area contributed by atoms with Crippen molar-refractivity contribution in [2.24, 2.45) is 0 Å². The summed E-state index contributed by atoms with van der Waals surface area (Å²) in [5.74, 6) is -0.850. The summed E-state index contributed by atoms with van der Waals surface area (Å²) in [6.45, 7) is 0.892. The van der Waals surface area contributed by atoms with Gasteiger partial charge in [-0.1, -0.05) is 0 Å². The van der Waals surface area contributed by atoms with E-state index in [0.29, 0.717) is 25.9 Å². The molecule has 1 fully saturated rings. The molecule has 1 aromatic rings. The maximum atomic E-state index is 12.1. The first-order valence-electron chi connectivity index (χ1n) is 6.01. The highest BCUT2D eigenvalue weighted by Crippen LogP contribution is 2.34. The van der Waals surface area contributed by atoms with E-state index in [0.717, 1.165) is 0 Å². The van der Waals surface area contributed by atoms with E-state index in [-0.39, 0.29) is 11.7 Å². The second kappa shape index (κ2) is 5.54. The van der Waals surface area contributed by atoms with Gasteiger partial charge in [-0.15, -0.1) is 11.8 Å². The van der Waals surface area contributed by atoms with Gasteiger partial charge in [0.15, 0.2) is 5.76 Å². The van der Waals surface area contributed by atoms with Crippen LogP contribution in [0.5, 0.6) is 0 Å². The van der Waals surface area contributed by atoms with Gasteiger partial charge in [-0.2, -0.15) is 5.26 Å². The minimum absolute atomic E-state index is 0.0368. The Bertz CT molecular complexity index is 570. The topological polar surface area (TPSA) is 100 Å². The van der Waals surface area contributed by atoms with Gasteiger partial charge in [-0.25, -0.2) is 0 Å². The predicted molar refractivity (Wildman–Crippen MR) is 72.4 cm³/mol. The molecule has 106 valence electrons. The first kappa shape index (κ1) is 14.4. The van der Waals surface area contributed by atoms with Crippen LogP contribution >= 0.6 is 11.8 Å². The SMILES string of the molecule is CSC1(C#N)CCN(C(=O)c2ccc([N+](=O)[O-])o2)CC1. The minimum Gasteiger partial charge on any atom is -0.395 e. The van der Waals surface area contributed by atoms with E-state index in [2.05, 4.69) is 6.07 Å². The van der Waals surface area contributed by atoms with Crippen molar-refractivity contribution in [3.63, 3.8) is 0 Å². The molecule has 0 aromatic carbocycles. The average Bonchev–Trinajstić information content (AvgIpc) is 2.96. The van der Waals surface area contributed by atoms with Crippen LogP contribution in [0, 0.1) is 21.4 Å². The van der Waals surface area contributed by atoms with E-state index < -0.39 is 15.6 Å². The van der Waals surface area contributed by atoms with Gasteiger partial charge < -0.3 is 9.32 Å². The summed E-state index contributed by atoms with van der Waals surface area (Å²) in [5, 5.41) is 19.7. The summed E-state index contributed by atoms with van der Waals surface area (Å²) >= 11 is 1.50. The van der Waals surface area contributed by atoms with Crippen molar-refractivity contribution in [2.45, 2.75) is 17.6 Å². The molecule has 0 atom stereocenters. The van der Waals surface area contributed by atoms with Crippen LogP contribution in [0.4, 0.5) is 5.88 Å². The molecule has 0 bridgehead atoms. The summed E-state index contributed by atoms with van der Waals surface area (Å²) < 4.78 is 4.47. The Kier molecular flexibility index (Phi) is 3.99. The molecule has 0 N–H and O–H groups in total. The van der Waals surface area contributed by atoms with Crippen LogP contribution in [0.3, 0.4) is 0 Å². The van der Waals surface area contributed by atoms with Crippen LogP contribution < -0.4 is 0 Å². The number of furan rings is 1. The Labute approximate surface area is 119 Å². The van der Waals surface area contributed by atoms with E-state index in [1.807, 2.05) is 6.26 Å². The van der Waals surface area contributed by atoms with Crippen LogP contribution in [0.1, 0.15) is 23.4 Å². The number of carbonyl (C=O) groups excluding carboxylic acids is 1. The Morgan fingerprint density at radius 3 is 2.65 bits per heavy atom. The molecule has 20 heavy (non-hydrogen) atoms. The molecule has 0 radical (unpaired) electrons. The van der Waals surface area contributed by atoms with Crippen LogP contribution in [0.15, 0.2) is 16.5 Å². The lowest BCUT2D eigenvalue weighted by atomic mass is 9.97. The fourth-order valence-corrected chi connectivity index (χ4v) is 2.81. The second-order valence-electron chi connectivity index (χ2n) is 4.50. The fourth-order valence-electron chi connectivity index (χ4n) is 2.13. The lowest BCUT2D eigenvalue weighted by Gasteiger charge is -2.35. The number of hydrogen-bond acceptors (Lipinski definition) is 6. The molecular weight excluding hydrogens is 282 g/mol. The molecule has 1 aromatic heterocycles. The summed E-state index contributed by atoms with van der Waals surface area (Å²) in [4.78, 5) is 23.6. The van der Waals surface area contributed by atoms with Crippen molar-refractivity contribution in [3.8, 4) is 6.07 Å². The zero-order valence-corrected chi connectivity index (χ0v) is 11.7. The van der Waals surface area contributed by atoms with Crippen LogP contribution in [0.25, 0.3) is 0 Å². The van der Waals surface area contributed by atoms with Crippen molar-refractivity contribution in [2.75, 3.05) is 19.3 Å². The third-order valence-corrected chi connectivity index (χ3v) is 4.72. The van der Waals surface area contributed by atoms with E-state index in [9.17, 15) is 20.2 Å². The lowest BCUT2D eigenvalue weighted by molar-refractivity contribution is -0.402. The maximum absolute atomic E-state index is 12.1. The predicted octanol–water partition coefficient (Wildman–Crippen LogP) is 2.05. The lowest BCUT2D eigenvalue weighted by Crippen LogP contribution is -2.44. The normalized spacial score (nSPS) is 17.5. The highest BCUT2D eigenvalue weighted by Gasteiger charge is 2.36. The average molecular weight is 295 g/mol. The number of nitrogens with zero attached hydrogens (tertiary/aromatic N) is 3. The van der Waals surface area contributed by atoms with Gasteiger partial charge in [0.1, 0.15) is 9.67 Å². The molecule has 2 heterocycles. The molecule has 1 aliphatic rings. The molecule has 8 heteroatoms. The molecule has 1 aliphatic heterocycles. The van der Waals surface area contributed by atoms with Gasteiger partial charge in [0, 0.05) is 13.1 Å². The second-order valence-corrected chi connectivity index (χ2v) is 5.69. The van der Waals surface area contributed by atoms with Crippen molar-refractivity contribution in [1.82, 2.24) is 4.90 Å². The molecule has 0 spiro atoms. The van der Waals surface area contributed by atoms with Gasteiger partial charge >= 0.3 is 5.88 Å².